The number of hydrogen-bond acceptors (Lipinski definition) is 6. The first-order valence-corrected chi connectivity index (χ1v) is 6.35. The van der Waals surface area contributed by atoms with E-state index in [9.17, 15) is 0 Å². The SMILES string of the molecule is Cc1cc(C)nc(Sc2nnccc2C(=N)NO)c1. The zero-order valence-electron chi connectivity index (χ0n) is 10.5. The number of hydroxylamine groups is 1. The molecule has 0 saturated carbocycles. The summed E-state index contributed by atoms with van der Waals surface area (Å²) >= 11 is 1.31. The molecule has 0 aliphatic carbocycles. The monoisotopic (exact) mass is 275 g/mol. The van der Waals surface area contributed by atoms with Gasteiger partial charge < -0.3 is 0 Å². The summed E-state index contributed by atoms with van der Waals surface area (Å²) in [5.41, 5.74) is 4.31. The van der Waals surface area contributed by atoms with Crippen LogP contribution in [0, 0.1) is 19.3 Å². The van der Waals surface area contributed by atoms with Gasteiger partial charge in [0.2, 0.25) is 0 Å². The van der Waals surface area contributed by atoms with Gasteiger partial charge in [0.1, 0.15) is 10.1 Å². The molecule has 0 aliphatic rings. The van der Waals surface area contributed by atoms with Gasteiger partial charge >= 0.3 is 0 Å². The van der Waals surface area contributed by atoms with Crippen LogP contribution >= 0.6 is 11.8 Å². The van der Waals surface area contributed by atoms with Crippen LogP contribution in [0.1, 0.15) is 16.8 Å². The summed E-state index contributed by atoms with van der Waals surface area (Å²) < 4.78 is 0. The van der Waals surface area contributed by atoms with E-state index >= 15 is 0 Å². The Labute approximate surface area is 114 Å². The van der Waals surface area contributed by atoms with Gasteiger partial charge in [0, 0.05) is 5.69 Å². The molecule has 0 spiro atoms. The zero-order valence-corrected chi connectivity index (χ0v) is 11.3. The molecular weight excluding hydrogens is 262 g/mol. The third-order valence-corrected chi connectivity index (χ3v) is 3.26. The zero-order chi connectivity index (χ0) is 13.8. The number of amidine groups is 1. The van der Waals surface area contributed by atoms with Crippen LogP contribution in [0.3, 0.4) is 0 Å². The van der Waals surface area contributed by atoms with Gasteiger partial charge in [0.25, 0.3) is 0 Å². The van der Waals surface area contributed by atoms with Gasteiger partial charge in [-0.15, -0.1) is 5.10 Å². The van der Waals surface area contributed by atoms with Crippen LogP contribution in [0.25, 0.3) is 0 Å². The van der Waals surface area contributed by atoms with Gasteiger partial charge in [-0.25, -0.2) is 4.98 Å². The van der Waals surface area contributed by atoms with Gasteiger partial charge in [-0.05, 0) is 49.4 Å². The molecule has 0 atom stereocenters. The van der Waals surface area contributed by atoms with E-state index in [4.69, 9.17) is 10.6 Å². The topological polar surface area (TPSA) is 94.8 Å². The summed E-state index contributed by atoms with van der Waals surface area (Å²) in [6.45, 7) is 3.92. The summed E-state index contributed by atoms with van der Waals surface area (Å²) in [6.07, 6.45) is 1.47. The molecule has 19 heavy (non-hydrogen) atoms. The second-order valence-electron chi connectivity index (χ2n) is 3.96. The van der Waals surface area contributed by atoms with Crippen molar-refractivity contribution in [3.8, 4) is 0 Å². The van der Waals surface area contributed by atoms with Crippen molar-refractivity contribution in [1.29, 1.82) is 5.41 Å². The van der Waals surface area contributed by atoms with E-state index in [1.807, 2.05) is 31.5 Å². The molecule has 0 amide bonds. The molecule has 0 radical (unpaired) electrons. The average molecular weight is 275 g/mol. The fourth-order valence-electron chi connectivity index (χ4n) is 1.60. The molecule has 7 heteroatoms. The van der Waals surface area contributed by atoms with E-state index < -0.39 is 0 Å². The summed E-state index contributed by atoms with van der Waals surface area (Å²) in [5.74, 6) is -0.123. The number of nitrogens with zero attached hydrogens (tertiary/aromatic N) is 3. The van der Waals surface area contributed by atoms with Crippen LogP contribution in [0.2, 0.25) is 0 Å². The molecule has 0 saturated heterocycles. The van der Waals surface area contributed by atoms with E-state index in [0.717, 1.165) is 16.3 Å². The molecule has 0 bridgehead atoms. The third kappa shape index (κ3) is 3.27. The first-order valence-electron chi connectivity index (χ1n) is 5.54. The van der Waals surface area contributed by atoms with Crippen molar-refractivity contribution in [2.75, 3.05) is 0 Å². The summed E-state index contributed by atoms with van der Waals surface area (Å²) in [7, 11) is 0. The van der Waals surface area contributed by atoms with Gasteiger partial charge in [-0.1, -0.05) is 0 Å². The minimum atomic E-state index is -0.123. The number of aryl methyl sites for hydroxylation is 2. The maximum atomic E-state index is 8.82. The second kappa shape index (κ2) is 5.77. The van der Waals surface area contributed by atoms with E-state index in [0.29, 0.717) is 10.6 Å². The number of hydrogen-bond donors (Lipinski definition) is 3. The lowest BCUT2D eigenvalue weighted by Crippen LogP contribution is -2.20. The number of aromatic nitrogens is 3. The Balaban J connectivity index is 2.35. The van der Waals surface area contributed by atoms with E-state index in [1.165, 1.54) is 18.0 Å². The van der Waals surface area contributed by atoms with Crippen molar-refractivity contribution in [3.05, 3.63) is 41.2 Å². The second-order valence-corrected chi connectivity index (χ2v) is 4.97. The predicted octanol–water partition coefficient (Wildman–Crippen LogP) is 1.94. The molecule has 98 valence electrons. The van der Waals surface area contributed by atoms with Gasteiger partial charge in [-0.3, -0.25) is 16.1 Å². The maximum absolute atomic E-state index is 8.82. The quantitative estimate of drug-likeness (QED) is 0.450. The van der Waals surface area contributed by atoms with Crippen molar-refractivity contribution in [1.82, 2.24) is 20.7 Å². The summed E-state index contributed by atoms with van der Waals surface area (Å²) in [5, 5.41) is 25.5. The summed E-state index contributed by atoms with van der Waals surface area (Å²) in [4.78, 5) is 4.40. The van der Waals surface area contributed by atoms with Crippen molar-refractivity contribution < 1.29 is 5.21 Å². The molecular formula is C12H13N5OS. The highest BCUT2D eigenvalue weighted by molar-refractivity contribution is 7.99. The Morgan fingerprint density at radius 3 is 2.84 bits per heavy atom. The van der Waals surface area contributed by atoms with Gasteiger partial charge in [-0.2, -0.15) is 5.10 Å². The normalized spacial score (nSPS) is 10.3. The summed E-state index contributed by atoms with van der Waals surface area (Å²) in [6, 6.07) is 5.54. The smallest absolute Gasteiger partial charge is 0.152 e. The van der Waals surface area contributed by atoms with Gasteiger partial charge in [0.05, 0.1) is 11.8 Å². The van der Waals surface area contributed by atoms with Crippen LogP contribution in [0.4, 0.5) is 0 Å². The molecule has 0 unspecified atom stereocenters. The molecule has 2 heterocycles. The molecule has 2 rings (SSSR count). The molecule has 0 aromatic carbocycles. The Morgan fingerprint density at radius 2 is 2.16 bits per heavy atom. The minimum absolute atomic E-state index is 0.123. The lowest BCUT2D eigenvalue weighted by molar-refractivity contribution is 0.234. The van der Waals surface area contributed by atoms with Gasteiger partial charge in [0.15, 0.2) is 5.84 Å². The Kier molecular flexibility index (Phi) is 4.08. The fourth-order valence-corrected chi connectivity index (χ4v) is 2.60. The van der Waals surface area contributed by atoms with E-state index in [-0.39, 0.29) is 5.84 Å². The molecule has 2 aromatic heterocycles. The number of pyridine rings is 1. The number of nitrogens with one attached hydrogen (secondary N) is 2. The Morgan fingerprint density at radius 1 is 1.37 bits per heavy atom. The first kappa shape index (κ1) is 13.4. The maximum Gasteiger partial charge on any atom is 0.152 e. The lowest BCUT2D eigenvalue weighted by atomic mass is 10.3. The van der Waals surface area contributed by atoms with E-state index in [1.54, 1.807) is 6.07 Å². The van der Waals surface area contributed by atoms with Crippen molar-refractivity contribution in [2.24, 2.45) is 0 Å². The van der Waals surface area contributed by atoms with E-state index in [2.05, 4.69) is 15.2 Å². The standard InChI is InChI=1S/C12H13N5OS/c1-7-5-8(2)15-10(6-7)19-12-9(11(13)17-18)3-4-14-16-12/h3-6,18H,1-2H3,(H2,13,17). The van der Waals surface area contributed by atoms with Crippen molar-refractivity contribution >= 4 is 17.6 Å². The van der Waals surface area contributed by atoms with Crippen LogP contribution < -0.4 is 5.48 Å². The lowest BCUT2D eigenvalue weighted by Gasteiger charge is -2.07. The highest BCUT2D eigenvalue weighted by atomic mass is 32.2. The molecule has 0 fully saturated rings. The molecule has 3 N–H and O–H groups in total. The van der Waals surface area contributed by atoms with Crippen LogP contribution in [-0.2, 0) is 0 Å². The molecule has 0 aliphatic heterocycles. The highest BCUT2D eigenvalue weighted by Crippen LogP contribution is 2.27. The third-order valence-electron chi connectivity index (χ3n) is 2.34. The highest BCUT2D eigenvalue weighted by Gasteiger charge is 2.11. The predicted molar refractivity (Wildman–Crippen MR) is 71.6 cm³/mol. The Hall–Kier alpha value is -1.99. The fraction of sp³-hybridized carbons (Fsp3) is 0.167. The minimum Gasteiger partial charge on any atom is -0.290 e. The van der Waals surface area contributed by atoms with Crippen molar-refractivity contribution in [2.45, 2.75) is 23.9 Å². The van der Waals surface area contributed by atoms with Crippen LogP contribution in [0.5, 0.6) is 0 Å². The average Bonchev–Trinajstić information content (AvgIpc) is 2.37. The Bertz CT molecular complexity index is 597. The number of rotatable bonds is 3. The largest absolute Gasteiger partial charge is 0.290 e. The first-order chi connectivity index (χ1) is 9.10. The van der Waals surface area contributed by atoms with Crippen LogP contribution in [-0.4, -0.2) is 26.2 Å². The molecule has 6 nitrogen and oxygen atoms in total. The van der Waals surface area contributed by atoms with Crippen molar-refractivity contribution in [3.63, 3.8) is 0 Å². The molecule has 2 aromatic rings. The van der Waals surface area contributed by atoms with Crippen LogP contribution in [0.15, 0.2) is 34.4 Å².